The second-order valence-electron chi connectivity index (χ2n) is 5.83. The van der Waals surface area contributed by atoms with Crippen LogP contribution in [0.3, 0.4) is 0 Å². The number of carbonyl (C=O) groups is 1. The lowest BCUT2D eigenvalue weighted by atomic mass is 9.97. The molecule has 1 aromatic heterocycles. The number of halogens is 2. The Morgan fingerprint density at radius 1 is 1.22 bits per heavy atom. The Kier molecular flexibility index (Phi) is 4.88. The van der Waals surface area contributed by atoms with Gasteiger partial charge in [0.1, 0.15) is 0 Å². The van der Waals surface area contributed by atoms with Crippen LogP contribution in [0.5, 0.6) is 0 Å². The highest BCUT2D eigenvalue weighted by Gasteiger charge is 2.29. The molecule has 1 amide bonds. The topological polar surface area (TPSA) is 33.2 Å². The number of hydrogen-bond donors (Lipinski definition) is 0. The molecular weight excluding hydrogens is 331 g/mol. The molecule has 0 spiro atoms. The summed E-state index contributed by atoms with van der Waals surface area (Å²) in [5, 5.41) is 1.04. The van der Waals surface area contributed by atoms with Gasteiger partial charge >= 0.3 is 0 Å². The lowest BCUT2D eigenvalue weighted by Crippen LogP contribution is -2.38. The van der Waals surface area contributed by atoms with Crippen LogP contribution in [0.1, 0.15) is 46.9 Å². The summed E-state index contributed by atoms with van der Waals surface area (Å²) < 4.78 is 0. The summed E-state index contributed by atoms with van der Waals surface area (Å²) in [6, 6.07) is 9.24. The van der Waals surface area contributed by atoms with Crippen LogP contribution < -0.4 is 0 Å². The van der Waals surface area contributed by atoms with Crippen LogP contribution in [-0.2, 0) is 0 Å². The van der Waals surface area contributed by atoms with Crippen molar-refractivity contribution in [2.24, 2.45) is 0 Å². The van der Waals surface area contributed by atoms with Crippen LogP contribution in [0, 0.1) is 6.92 Å². The molecule has 0 unspecified atom stereocenters. The average molecular weight is 349 g/mol. The fourth-order valence-corrected chi connectivity index (χ4v) is 3.48. The van der Waals surface area contributed by atoms with Crippen LogP contribution in [0.2, 0.25) is 10.0 Å². The highest BCUT2D eigenvalue weighted by molar-refractivity contribution is 6.36. The van der Waals surface area contributed by atoms with Crippen molar-refractivity contribution < 1.29 is 4.79 Å². The second kappa shape index (κ2) is 6.90. The van der Waals surface area contributed by atoms with Gasteiger partial charge in [-0.2, -0.15) is 0 Å². The SMILES string of the molecule is Cc1c(Cl)cc(C(=O)N2CCCC[C@@H]2c2ccccn2)cc1Cl. The maximum atomic E-state index is 13.0. The minimum Gasteiger partial charge on any atom is -0.330 e. The van der Waals surface area contributed by atoms with Gasteiger partial charge in [-0.1, -0.05) is 29.3 Å². The maximum absolute atomic E-state index is 13.0. The Morgan fingerprint density at radius 2 is 1.96 bits per heavy atom. The number of amides is 1. The second-order valence-corrected chi connectivity index (χ2v) is 6.64. The van der Waals surface area contributed by atoms with E-state index < -0.39 is 0 Å². The standard InChI is InChI=1S/C18H18Cl2N2O/c1-12-14(19)10-13(11-15(12)20)18(23)22-9-5-3-7-17(22)16-6-2-4-8-21-16/h2,4,6,8,10-11,17H,3,5,7,9H2,1H3/t17-/m1/s1. The van der Waals surface area contributed by atoms with Crippen LogP contribution in [0.4, 0.5) is 0 Å². The van der Waals surface area contributed by atoms with Crippen LogP contribution in [0.15, 0.2) is 36.5 Å². The molecule has 1 aromatic carbocycles. The third kappa shape index (κ3) is 3.36. The predicted octanol–water partition coefficient (Wildman–Crippen LogP) is 5.06. The van der Waals surface area contributed by atoms with E-state index in [1.165, 1.54) is 0 Å². The molecule has 0 bridgehead atoms. The van der Waals surface area contributed by atoms with E-state index in [1.54, 1.807) is 18.3 Å². The minimum atomic E-state index is -0.0378. The molecule has 23 heavy (non-hydrogen) atoms. The molecule has 1 fully saturated rings. The molecule has 0 N–H and O–H groups in total. The summed E-state index contributed by atoms with van der Waals surface area (Å²) in [4.78, 5) is 19.3. The summed E-state index contributed by atoms with van der Waals surface area (Å²) in [6.45, 7) is 2.57. The molecule has 1 saturated heterocycles. The molecule has 120 valence electrons. The molecule has 3 rings (SSSR count). The van der Waals surface area contributed by atoms with Gasteiger partial charge in [0.15, 0.2) is 0 Å². The number of piperidine rings is 1. The first-order chi connectivity index (χ1) is 11.1. The van der Waals surface area contributed by atoms with E-state index in [1.807, 2.05) is 30.0 Å². The van der Waals surface area contributed by atoms with Crippen molar-refractivity contribution in [1.29, 1.82) is 0 Å². The minimum absolute atomic E-state index is 0.0105. The van der Waals surface area contributed by atoms with Crippen LogP contribution in [0.25, 0.3) is 0 Å². The smallest absolute Gasteiger partial charge is 0.254 e. The predicted molar refractivity (Wildman–Crippen MR) is 93.1 cm³/mol. The Morgan fingerprint density at radius 3 is 2.61 bits per heavy atom. The quantitative estimate of drug-likeness (QED) is 0.759. The third-order valence-corrected chi connectivity index (χ3v) is 5.11. The van der Waals surface area contributed by atoms with Crippen LogP contribution >= 0.6 is 23.2 Å². The molecule has 2 aromatic rings. The number of hydrogen-bond acceptors (Lipinski definition) is 2. The first-order valence-corrected chi connectivity index (χ1v) is 8.51. The van der Waals surface area contributed by atoms with Gasteiger partial charge in [0.25, 0.3) is 5.91 Å². The van der Waals surface area contributed by atoms with E-state index >= 15 is 0 Å². The summed E-state index contributed by atoms with van der Waals surface area (Å²) in [7, 11) is 0. The van der Waals surface area contributed by atoms with Gasteiger partial charge in [0, 0.05) is 28.4 Å². The van der Waals surface area contributed by atoms with Crippen molar-refractivity contribution in [1.82, 2.24) is 9.88 Å². The molecule has 1 aliphatic rings. The number of rotatable bonds is 2. The number of benzene rings is 1. The average Bonchev–Trinajstić information content (AvgIpc) is 2.59. The first kappa shape index (κ1) is 16.3. The highest BCUT2D eigenvalue weighted by Crippen LogP contribution is 2.32. The lowest BCUT2D eigenvalue weighted by molar-refractivity contribution is 0.0606. The Balaban J connectivity index is 1.93. The summed E-state index contributed by atoms with van der Waals surface area (Å²) in [6.07, 6.45) is 4.80. The molecule has 5 heteroatoms. The molecule has 0 saturated carbocycles. The van der Waals surface area contributed by atoms with Crippen LogP contribution in [-0.4, -0.2) is 22.3 Å². The molecular formula is C18H18Cl2N2O. The Hall–Kier alpha value is -1.58. The number of likely N-dealkylation sites (tertiary alicyclic amines) is 1. The molecule has 1 aliphatic heterocycles. The molecule has 2 heterocycles. The van der Waals surface area contributed by atoms with E-state index in [-0.39, 0.29) is 11.9 Å². The summed E-state index contributed by atoms with van der Waals surface area (Å²) in [5.41, 5.74) is 2.27. The van der Waals surface area contributed by atoms with Gasteiger partial charge in [-0.3, -0.25) is 9.78 Å². The summed E-state index contributed by atoms with van der Waals surface area (Å²) >= 11 is 12.4. The van der Waals surface area contributed by atoms with E-state index in [0.717, 1.165) is 37.1 Å². The Bertz CT molecular complexity index is 695. The van der Waals surface area contributed by atoms with Gasteiger partial charge in [0.05, 0.1) is 11.7 Å². The molecule has 1 atom stereocenters. The zero-order chi connectivity index (χ0) is 16.4. The van der Waals surface area contributed by atoms with Crippen molar-refractivity contribution in [3.05, 3.63) is 63.4 Å². The lowest BCUT2D eigenvalue weighted by Gasteiger charge is -2.35. The van der Waals surface area contributed by atoms with Gasteiger partial charge in [-0.05, 0) is 56.0 Å². The highest BCUT2D eigenvalue weighted by atomic mass is 35.5. The van der Waals surface area contributed by atoms with E-state index in [4.69, 9.17) is 23.2 Å². The van der Waals surface area contributed by atoms with Crippen molar-refractivity contribution >= 4 is 29.1 Å². The van der Waals surface area contributed by atoms with Crippen molar-refractivity contribution in [3.63, 3.8) is 0 Å². The number of aromatic nitrogens is 1. The molecule has 3 nitrogen and oxygen atoms in total. The molecule has 0 radical (unpaired) electrons. The zero-order valence-electron chi connectivity index (χ0n) is 12.9. The third-order valence-electron chi connectivity index (χ3n) is 4.32. The van der Waals surface area contributed by atoms with E-state index in [2.05, 4.69) is 4.98 Å². The van der Waals surface area contributed by atoms with Gasteiger partial charge in [-0.15, -0.1) is 0 Å². The number of carbonyl (C=O) groups excluding carboxylic acids is 1. The van der Waals surface area contributed by atoms with E-state index in [0.29, 0.717) is 15.6 Å². The fourth-order valence-electron chi connectivity index (χ4n) is 2.99. The van der Waals surface area contributed by atoms with Crippen molar-refractivity contribution in [2.75, 3.05) is 6.54 Å². The first-order valence-electron chi connectivity index (χ1n) is 7.75. The number of pyridine rings is 1. The zero-order valence-corrected chi connectivity index (χ0v) is 14.4. The summed E-state index contributed by atoms with van der Waals surface area (Å²) in [5.74, 6) is -0.0378. The Labute approximate surface area is 146 Å². The van der Waals surface area contributed by atoms with Crippen molar-refractivity contribution in [2.45, 2.75) is 32.2 Å². The maximum Gasteiger partial charge on any atom is 0.254 e. The normalized spacial score (nSPS) is 18.0. The van der Waals surface area contributed by atoms with E-state index in [9.17, 15) is 4.79 Å². The monoisotopic (exact) mass is 348 g/mol. The largest absolute Gasteiger partial charge is 0.330 e. The van der Waals surface area contributed by atoms with Gasteiger partial charge in [0.2, 0.25) is 0 Å². The number of nitrogens with zero attached hydrogens (tertiary/aromatic N) is 2. The fraction of sp³-hybridized carbons (Fsp3) is 0.333. The van der Waals surface area contributed by atoms with Gasteiger partial charge in [-0.25, -0.2) is 0 Å². The van der Waals surface area contributed by atoms with Gasteiger partial charge < -0.3 is 4.90 Å². The van der Waals surface area contributed by atoms with Crippen molar-refractivity contribution in [3.8, 4) is 0 Å². The molecule has 0 aliphatic carbocycles.